The Labute approximate surface area is 236 Å². The number of anilines is 2. The van der Waals surface area contributed by atoms with E-state index in [-0.39, 0.29) is 6.03 Å². The third-order valence-electron chi connectivity index (χ3n) is 7.42. The number of ether oxygens (including phenoxy) is 1. The maximum atomic E-state index is 14.0. The molecule has 0 aromatic heterocycles. The first-order valence-corrected chi connectivity index (χ1v) is 14.8. The largest absolute Gasteiger partial charge is 0.497 e. The van der Waals surface area contributed by atoms with E-state index in [9.17, 15) is 4.79 Å². The van der Waals surface area contributed by atoms with Gasteiger partial charge in [0.2, 0.25) is 0 Å². The summed E-state index contributed by atoms with van der Waals surface area (Å²) in [6, 6.07) is 22.7. The van der Waals surface area contributed by atoms with Gasteiger partial charge in [-0.25, -0.2) is 4.79 Å². The minimum Gasteiger partial charge on any atom is -0.497 e. The minimum atomic E-state index is -0.121. The average molecular weight is 529 g/mol. The molecule has 4 nitrogen and oxygen atoms in total. The van der Waals surface area contributed by atoms with E-state index in [2.05, 4.69) is 82.4 Å². The normalized spacial score (nSPS) is 11.2. The zero-order valence-corrected chi connectivity index (χ0v) is 24.9. The number of methoxy groups -OCH3 is 1. The summed E-state index contributed by atoms with van der Waals surface area (Å²) in [6.07, 6.45) is 8.84. The fraction of sp³-hybridized carbons (Fsp3) is 0.457. The third kappa shape index (κ3) is 8.88. The minimum absolute atomic E-state index is 0.121. The van der Waals surface area contributed by atoms with E-state index >= 15 is 0 Å². The summed E-state index contributed by atoms with van der Waals surface area (Å²) in [5, 5.41) is 3.32. The van der Waals surface area contributed by atoms with Crippen molar-refractivity contribution in [2.45, 2.75) is 97.9 Å². The lowest BCUT2D eigenvalue weighted by molar-refractivity contribution is 0.256. The highest BCUT2D eigenvalue weighted by Crippen LogP contribution is 2.33. The Morgan fingerprint density at radius 2 is 1.33 bits per heavy atom. The Kier molecular flexibility index (Phi) is 11.9. The molecular weight excluding hydrogens is 480 g/mol. The van der Waals surface area contributed by atoms with Gasteiger partial charge in [0.1, 0.15) is 5.75 Å². The molecule has 3 aromatic rings. The lowest BCUT2D eigenvalue weighted by Gasteiger charge is -2.27. The molecule has 0 aliphatic carbocycles. The van der Waals surface area contributed by atoms with Gasteiger partial charge in [-0.3, -0.25) is 4.90 Å². The zero-order chi connectivity index (χ0) is 28.2. The molecule has 0 saturated carbocycles. The van der Waals surface area contributed by atoms with E-state index in [1.807, 2.05) is 29.2 Å². The van der Waals surface area contributed by atoms with Crippen LogP contribution >= 0.6 is 0 Å². The standard InChI is InChI=1S/C35H48N2O2/c1-7-8-9-10-11-12-14-28-17-21-30(22-18-28)37(25-29-19-23-31(39-6)24-20-29)35(38)36-34-32(26(2)3)15-13-16-33(34)27(4)5/h13,15-24,26-27H,7-12,14,25H2,1-6H3,(H,36,38). The second-order valence-electron chi connectivity index (χ2n) is 11.2. The molecule has 4 heteroatoms. The highest BCUT2D eigenvalue weighted by Gasteiger charge is 2.21. The summed E-state index contributed by atoms with van der Waals surface area (Å²) in [4.78, 5) is 15.8. The van der Waals surface area contributed by atoms with E-state index in [0.29, 0.717) is 18.4 Å². The van der Waals surface area contributed by atoms with Crippen molar-refractivity contribution >= 4 is 17.4 Å². The predicted molar refractivity (Wildman–Crippen MR) is 166 cm³/mol. The first-order valence-electron chi connectivity index (χ1n) is 14.8. The van der Waals surface area contributed by atoms with Crippen LogP contribution in [0.1, 0.15) is 107 Å². The van der Waals surface area contributed by atoms with Gasteiger partial charge in [-0.1, -0.05) is 109 Å². The Hall–Kier alpha value is -3.27. The van der Waals surface area contributed by atoms with Gasteiger partial charge in [-0.2, -0.15) is 0 Å². The van der Waals surface area contributed by atoms with Crippen molar-refractivity contribution in [1.82, 2.24) is 0 Å². The number of carbonyl (C=O) groups excluding carboxylic acids is 1. The van der Waals surface area contributed by atoms with E-state index in [0.717, 1.165) is 40.2 Å². The van der Waals surface area contributed by atoms with Gasteiger partial charge in [0.05, 0.1) is 13.7 Å². The van der Waals surface area contributed by atoms with Gasteiger partial charge in [-0.15, -0.1) is 0 Å². The molecule has 3 rings (SSSR count). The van der Waals surface area contributed by atoms with Crippen LogP contribution in [0, 0.1) is 0 Å². The molecule has 0 radical (unpaired) electrons. The van der Waals surface area contributed by atoms with Crippen molar-refractivity contribution < 1.29 is 9.53 Å². The van der Waals surface area contributed by atoms with Gasteiger partial charge in [0, 0.05) is 11.4 Å². The fourth-order valence-electron chi connectivity index (χ4n) is 5.02. The van der Waals surface area contributed by atoms with E-state index in [1.54, 1.807) is 7.11 Å². The van der Waals surface area contributed by atoms with E-state index in [1.165, 1.54) is 44.1 Å². The first kappa shape index (κ1) is 30.3. The topological polar surface area (TPSA) is 41.6 Å². The van der Waals surface area contributed by atoms with E-state index < -0.39 is 0 Å². The number of nitrogens with one attached hydrogen (secondary N) is 1. The maximum absolute atomic E-state index is 14.0. The fourth-order valence-corrected chi connectivity index (χ4v) is 5.02. The van der Waals surface area contributed by atoms with Gasteiger partial charge < -0.3 is 10.1 Å². The molecule has 39 heavy (non-hydrogen) atoms. The van der Waals surface area contributed by atoms with E-state index in [4.69, 9.17) is 4.74 Å². The Morgan fingerprint density at radius 1 is 0.769 bits per heavy atom. The van der Waals surface area contributed by atoms with Crippen LogP contribution in [0.3, 0.4) is 0 Å². The molecule has 0 spiro atoms. The number of urea groups is 1. The molecule has 1 N–H and O–H groups in total. The molecule has 2 amide bonds. The summed E-state index contributed by atoms with van der Waals surface area (Å²) in [5.74, 6) is 1.41. The Morgan fingerprint density at radius 3 is 1.90 bits per heavy atom. The van der Waals surface area contributed by atoms with Gasteiger partial charge in [0.25, 0.3) is 0 Å². The van der Waals surface area contributed by atoms with Crippen LogP contribution in [-0.2, 0) is 13.0 Å². The van der Waals surface area contributed by atoms with Gasteiger partial charge >= 0.3 is 6.03 Å². The monoisotopic (exact) mass is 528 g/mol. The Bertz CT molecular complexity index is 1120. The lowest BCUT2D eigenvalue weighted by Crippen LogP contribution is -2.35. The zero-order valence-electron chi connectivity index (χ0n) is 24.9. The lowest BCUT2D eigenvalue weighted by atomic mass is 9.93. The number of aryl methyl sites for hydroxylation is 1. The van der Waals surface area contributed by atoms with Crippen LogP contribution in [0.4, 0.5) is 16.2 Å². The Balaban J connectivity index is 1.84. The molecule has 0 heterocycles. The highest BCUT2D eigenvalue weighted by molar-refractivity contribution is 6.02. The second-order valence-corrected chi connectivity index (χ2v) is 11.2. The number of unbranched alkanes of at least 4 members (excludes halogenated alkanes) is 5. The van der Waals surface area contributed by atoms with Gasteiger partial charge in [-0.05, 0) is 71.2 Å². The number of hydrogen-bond acceptors (Lipinski definition) is 2. The van der Waals surface area contributed by atoms with Crippen molar-refractivity contribution in [3.8, 4) is 5.75 Å². The SMILES string of the molecule is CCCCCCCCc1ccc(N(Cc2ccc(OC)cc2)C(=O)Nc2c(C(C)C)cccc2C(C)C)cc1. The van der Waals surface area contributed by atoms with Crippen LogP contribution in [-0.4, -0.2) is 13.1 Å². The number of para-hydroxylation sites is 1. The van der Waals surface area contributed by atoms with Gasteiger partial charge in [0.15, 0.2) is 0 Å². The first-order chi connectivity index (χ1) is 18.8. The molecule has 210 valence electrons. The van der Waals surface area contributed by atoms with Crippen molar-refractivity contribution in [2.75, 3.05) is 17.3 Å². The summed E-state index contributed by atoms with van der Waals surface area (Å²) in [7, 11) is 1.67. The summed E-state index contributed by atoms with van der Waals surface area (Å²) < 4.78 is 5.34. The molecule has 0 unspecified atom stereocenters. The molecule has 0 atom stereocenters. The summed E-state index contributed by atoms with van der Waals surface area (Å²) in [5.41, 5.74) is 6.52. The number of amides is 2. The number of rotatable bonds is 14. The molecule has 0 saturated heterocycles. The molecule has 0 bridgehead atoms. The molecule has 0 fully saturated rings. The summed E-state index contributed by atoms with van der Waals surface area (Å²) >= 11 is 0. The van der Waals surface area contributed by atoms with Crippen LogP contribution in [0.25, 0.3) is 0 Å². The van der Waals surface area contributed by atoms with Crippen LogP contribution in [0.5, 0.6) is 5.75 Å². The second kappa shape index (κ2) is 15.4. The predicted octanol–water partition coefficient (Wildman–Crippen LogP) is 10.1. The van der Waals surface area contributed by atoms with Crippen molar-refractivity contribution in [2.24, 2.45) is 0 Å². The molecular formula is C35H48N2O2. The molecule has 0 aliphatic heterocycles. The third-order valence-corrected chi connectivity index (χ3v) is 7.42. The van der Waals surface area contributed by atoms with Crippen LogP contribution in [0.15, 0.2) is 66.7 Å². The van der Waals surface area contributed by atoms with Crippen molar-refractivity contribution in [1.29, 1.82) is 0 Å². The average Bonchev–Trinajstić information content (AvgIpc) is 2.94. The molecule has 3 aromatic carbocycles. The van der Waals surface area contributed by atoms with Crippen LogP contribution < -0.4 is 15.0 Å². The van der Waals surface area contributed by atoms with Crippen molar-refractivity contribution in [3.63, 3.8) is 0 Å². The summed E-state index contributed by atoms with van der Waals surface area (Å²) in [6.45, 7) is 11.4. The number of benzene rings is 3. The maximum Gasteiger partial charge on any atom is 0.326 e. The number of carbonyl (C=O) groups is 1. The smallest absolute Gasteiger partial charge is 0.326 e. The highest BCUT2D eigenvalue weighted by atomic mass is 16.5. The quantitative estimate of drug-likeness (QED) is 0.211. The van der Waals surface area contributed by atoms with Crippen molar-refractivity contribution in [3.05, 3.63) is 89.0 Å². The molecule has 0 aliphatic rings. The van der Waals surface area contributed by atoms with Crippen LogP contribution in [0.2, 0.25) is 0 Å². The number of hydrogen-bond donors (Lipinski definition) is 1. The number of nitrogens with zero attached hydrogens (tertiary/aromatic N) is 1.